The number of benzene rings is 2. The third-order valence-corrected chi connectivity index (χ3v) is 6.14. The predicted molar refractivity (Wildman–Crippen MR) is 118 cm³/mol. The summed E-state index contributed by atoms with van der Waals surface area (Å²) in [5.41, 5.74) is 10.2. The van der Waals surface area contributed by atoms with Crippen LogP contribution >= 0.6 is 0 Å². The highest BCUT2D eigenvalue weighted by Gasteiger charge is 2.45. The predicted octanol–water partition coefficient (Wildman–Crippen LogP) is 4.17. The lowest BCUT2D eigenvalue weighted by molar-refractivity contribution is -0.677. The Morgan fingerprint density at radius 2 is 1.74 bits per heavy atom. The third-order valence-electron chi connectivity index (χ3n) is 6.14. The molecule has 1 aliphatic heterocycles. The van der Waals surface area contributed by atoms with E-state index in [4.69, 9.17) is 10.5 Å². The number of ketones is 1. The molecule has 0 amide bonds. The molecule has 1 aromatic heterocycles. The summed E-state index contributed by atoms with van der Waals surface area (Å²) in [7, 11) is 0. The molecule has 0 fully saturated rings. The van der Waals surface area contributed by atoms with Crippen molar-refractivity contribution in [2.75, 3.05) is 5.73 Å². The Kier molecular flexibility index (Phi) is 4.62. The van der Waals surface area contributed by atoms with Gasteiger partial charge in [-0.3, -0.25) is 4.79 Å². The molecule has 2 N–H and O–H groups in total. The third kappa shape index (κ3) is 3.50. The van der Waals surface area contributed by atoms with E-state index in [1.54, 1.807) is 6.33 Å². The molecule has 0 radical (unpaired) electrons. The summed E-state index contributed by atoms with van der Waals surface area (Å²) < 4.78 is 8.16. The number of Topliss-reactive ketones (excluding diaryl/α,β-unsaturated/α-hetero) is 1. The van der Waals surface area contributed by atoms with Gasteiger partial charge in [0.25, 0.3) is 0 Å². The van der Waals surface area contributed by atoms with Crippen LogP contribution in [0.2, 0.25) is 0 Å². The van der Waals surface area contributed by atoms with Crippen molar-refractivity contribution in [3.05, 3.63) is 95.0 Å². The lowest BCUT2D eigenvalue weighted by atomic mass is 9.70. The topological polar surface area (TPSA) is 69.1 Å². The number of carbonyl (C=O) groups is 1. The minimum absolute atomic E-state index is 0.128. The van der Waals surface area contributed by atoms with Crippen LogP contribution in [-0.4, -0.2) is 10.8 Å². The minimum atomic E-state index is -0.278. The second kappa shape index (κ2) is 7.34. The van der Waals surface area contributed by atoms with Gasteiger partial charge in [0.2, 0.25) is 12.1 Å². The van der Waals surface area contributed by atoms with Gasteiger partial charge >= 0.3 is 5.88 Å². The molecule has 5 heteroatoms. The Labute approximate surface area is 182 Å². The smallest absolute Gasteiger partial charge is 0.305 e. The van der Waals surface area contributed by atoms with E-state index in [1.165, 1.54) is 0 Å². The molecule has 1 atom stereocenters. The fourth-order valence-corrected chi connectivity index (χ4v) is 4.71. The number of hydrogen-bond acceptors (Lipinski definition) is 4. The highest BCUT2D eigenvalue weighted by Crippen LogP contribution is 2.50. The molecule has 0 spiro atoms. The van der Waals surface area contributed by atoms with Crippen LogP contribution in [0.1, 0.15) is 49.3 Å². The first kappa shape index (κ1) is 19.5. The standard InChI is InChI=1S/C26H25N3O2/c1-26(2)13-19(30)22-20(14-26)31-25-23(21(22)18-11-7-4-8-12-18)24(27)29(16-28-25)15-17-9-5-3-6-10-17/h3-12,16,21,27H,13-15H2,1-2H3/p+1/t21-/m0/s1. The summed E-state index contributed by atoms with van der Waals surface area (Å²) in [6.07, 6.45) is 2.93. The quantitative estimate of drug-likeness (QED) is 0.656. The second-order valence-electron chi connectivity index (χ2n) is 9.19. The molecule has 2 aliphatic rings. The summed E-state index contributed by atoms with van der Waals surface area (Å²) in [4.78, 5) is 18.0. The van der Waals surface area contributed by atoms with Gasteiger partial charge in [0.05, 0.1) is 12.5 Å². The maximum Gasteiger partial charge on any atom is 0.305 e. The van der Waals surface area contributed by atoms with Crippen LogP contribution in [0, 0.1) is 5.41 Å². The van der Waals surface area contributed by atoms with E-state index in [1.807, 2.05) is 53.1 Å². The number of nitrogens with zero attached hydrogens (tertiary/aromatic N) is 2. The zero-order chi connectivity index (χ0) is 21.6. The lowest BCUT2D eigenvalue weighted by Crippen LogP contribution is -2.41. The van der Waals surface area contributed by atoms with Crippen LogP contribution in [-0.2, 0) is 11.3 Å². The fourth-order valence-electron chi connectivity index (χ4n) is 4.71. The number of nitrogens with two attached hydrogens (primary N) is 1. The van der Waals surface area contributed by atoms with Crippen LogP contribution in [0.3, 0.4) is 0 Å². The Bertz CT molecular complexity index is 1180. The molecule has 0 bridgehead atoms. The maximum absolute atomic E-state index is 13.3. The number of anilines is 1. The van der Waals surface area contributed by atoms with Crippen molar-refractivity contribution in [1.29, 1.82) is 0 Å². The number of ether oxygens (including phenoxy) is 1. The first-order chi connectivity index (χ1) is 14.9. The van der Waals surface area contributed by atoms with Gasteiger partial charge < -0.3 is 10.5 Å². The van der Waals surface area contributed by atoms with Crippen molar-refractivity contribution in [3.63, 3.8) is 0 Å². The first-order valence-electron chi connectivity index (χ1n) is 10.6. The average Bonchev–Trinajstić information content (AvgIpc) is 2.75. The normalized spacial score (nSPS) is 19.4. The maximum atomic E-state index is 13.3. The van der Waals surface area contributed by atoms with E-state index in [0.717, 1.165) is 28.0 Å². The van der Waals surface area contributed by atoms with Crippen LogP contribution < -0.4 is 15.0 Å². The van der Waals surface area contributed by atoms with Crippen molar-refractivity contribution in [3.8, 4) is 5.88 Å². The monoisotopic (exact) mass is 412 g/mol. The van der Waals surface area contributed by atoms with Gasteiger partial charge in [0.15, 0.2) is 5.78 Å². The van der Waals surface area contributed by atoms with Crippen LogP contribution in [0.4, 0.5) is 5.82 Å². The van der Waals surface area contributed by atoms with Crippen molar-refractivity contribution < 1.29 is 14.1 Å². The SMILES string of the molecule is CC1(C)CC(=O)C2=C(C1)Oc1nc[n+](Cc3ccccc3)c(N)c1[C@H]2c1ccccc1. The summed E-state index contributed by atoms with van der Waals surface area (Å²) >= 11 is 0. The van der Waals surface area contributed by atoms with Crippen LogP contribution in [0.5, 0.6) is 5.88 Å². The summed E-state index contributed by atoms with van der Waals surface area (Å²) in [6.45, 7) is 4.80. The number of carbonyl (C=O) groups excluding carboxylic acids is 1. The van der Waals surface area contributed by atoms with Gasteiger partial charge in [-0.1, -0.05) is 79.5 Å². The van der Waals surface area contributed by atoms with E-state index in [2.05, 4.69) is 31.0 Å². The lowest BCUT2D eigenvalue weighted by Gasteiger charge is -2.37. The van der Waals surface area contributed by atoms with Gasteiger partial charge in [-0.15, -0.1) is 0 Å². The molecule has 5 rings (SSSR count). The number of rotatable bonds is 3. The van der Waals surface area contributed by atoms with E-state index in [-0.39, 0.29) is 17.1 Å². The van der Waals surface area contributed by atoms with E-state index in [9.17, 15) is 4.79 Å². The molecule has 1 aliphatic carbocycles. The molecule has 0 saturated carbocycles. The van der Waals surface area contributed by atoms with Crippen molar-refractivity contribution >= 4 is 11.6 Å². The van der Waals surface area contributed by atoms with E-state index < -0.39 is 0 Å². The van der Waals surface area contributed by atoms with Crippen molar-refractivity contribution in [2.45, 2.75) is 39.2 Å². The second-order valence-corrected chi connectivity index (χ2v) is 9.19. The van der Waals surface area contributed by atoms with Crippen LogP contribution in [0.15, 0.2) is 78.3 Å². The van der Waals surface area contributed by atoms with Gasteiger partial charge in [-0.25, -0.2) is 4.57 Å². The number of fused-ring (bicyclic) bond motifs is 1. The summed E-state index contributed by atoms with van der Waals surface area (Å²) in [5, 5.41) is 0. The Hall–Kier alpha value is -3.47. The van der Waals surface area contributed by atoms with E-state index in [0.29, 0.717) is 31.1 Å². The minimum Gasteiger partial charge on any atom is -0.430 e. The molecule has 31 heavy (non-hydrogen) atoms. The number of hydrogen-bond donors (Lipinski definition) is 1. The van der Waals surface area contributed by atoms with Crippen molar-refractivity contribution in [1.82, 2.24) is 4.98 Å². The average molecular weight is 413 g/mol. The van der Waals surface area contributed by atoms with Gasteiger partial charge in [0, 0.05) is 18.4 Å². The summed E-state index contributed by atoms with van der Waals surface area (Å²) in [6, 6.07) is 20.2. The molecule has 3 aromatic rings. The first-order valence-corrected chi connectivity index (χ1v) is 10.6. The number of nitrogen functional groups attached to an aromatic ring is 1. The Morgan fingerprint density at radius 1 is 1.06 bits per heavy atom. The Morgan fingerprint density at radius 3 is 2.45 bits per heavy atom. The van der Waals surface area contributed by atoms with Gasteiger partial charge in [-0.05, 0) is 16.5 Å². The highest BCUT2D eigenvalue weighted by atomic mass is 16.5. The molecule has 5 nitrogen and oxygen atoms in total. The van der Waals surface area contributed by atoms with E-state index >= 15 is 0 Å². The zero-order valence-electron chi connectivity index (χ0n) is 17.8. The molecule has 156 valence electrons. The summed E-state index contributed by atoms with van der Waals surface area (Å²) in [5.74, 6) is 1.66. The van der Waals surface area contributed by atoms with Gasteiger partial charge in [-0.2, -0.15) is 0 Å². The van der Waals surface area contributed by atoms with Gasteiger partial charge in [0.1, 0.15) is 11.3 Å². The molecule has 2 heterocycles. The van der Waals surface area contributed by atoms with Crippen LogP contribution in [0.25, 0.3) is 0 Å². The molecule has 2 aromatic carbocycles. The van der Waals surface area contributed by atoms with Crippen molar-refractivity contribution in [2.24, 2.45) is 5.41 Å². The fraction of sp³-hybridized carbons (Fsp3) is 0.269. The molecule has 0 saturated heterocycles. The molecular weight excluding hydrogens is 386 g/mol. The zero-order valence-corrected chi connectivity index (χ0v) is 17.8. The Balaban J connectivity index is 1.67. The molecular formula is C26H26N3O2+. The highest BCUT2D eigenvalue weighted by molar-refractivity contribution is 6.00. The molecule has 0 unspecified atom stereocenters. The largest absolute Gasteiger partial charge is 0.430 e. The number of allylic oxidation sites excluding steroid dienone is 2. The number of aromatic nitrogens is 2.